The maximum absolute atomic E-state index is 12.4. The van der Waals surface area contributed by atoms with E-state index in [1.165, 1.54) is 0 Å². The van der Waals surface area contributed by atoms with E-state index in [4.69, 9.17) is 0 Å². The molecule has 1 atom stereocenters. The molecule has 3 heterocycles. The smallest absolute Gasteiger partial charge is 0.270 e. The topological polar surface area (TPSA) is 62.5 Å². The molecule has 6 heteroatoms. The van der Waals surface area contributed by atoms with Crippen LogP contribution in [0.2, 0.25) is 0 Å². The quantitative estimate of drug-likeness (QED) is 0.912. The van der Waals surface area contributed by atoms with Crippen LogP contribution >= 0.6 is 0 Å². The minimum absolute atomic E-state index is 0.0956. The molecule has 0 unspecified atom stereocenters. The second-order valence-electron chi connectivity index (χ2n) is 7.36. The van der Waals surface area contributed by atoms with Crippen molar-refractivity contribution in [1.82, 2.24) is 24.8 Å². The highest BCUT2D eigenvalue weighted by molar-refractivity contribution is 5.92. The number of aryl methyl sites for hydroxylation is 2. The summed E-state index contributed by atoms with van der Waals surface area (Å²) < 4.78 is 1.77. The molecule has 1 aliphatic heterocycles. The van der Waals surface area contributed by atoms with Gasteiger partial charge in [0.25, 0.3) is 5.91 Å². The SMILES string of the molecule is Cc1cc2nc(C(=O)NC[C@H]3CCN(CC(C)C)C3)cc(C)n2n1. The summed E-state index contributed by atoms with van der Waals surface area (Å²) >= 11 is 0. The van der Waals surface area contributed by atoms with Crippen molar-refractivity contribution in [1.29, 1.82) is 0 Å². The van der Waals surface area contributed by atoms with E-state index >= 15 is 0 Å². The molecule has 6 nitrogen and oxygen atoms in total. The largest absolute Gasteiger partial charge is 0.350 e. The summed E-state index contributed by atoms with van der Waals surface area (Å²) in [7, 11) is 0. The van der Waals surface area contributed by atoms with Crippen LogP contribution in [0.25, 0.3) is 5.65 Å². The number of hydrogen-bond acceptors (Lipinski definition) is 4. The molecule has 1 aliphatic rings. The van der Waals surface area contributed by atoms with Crippen LogP contribution < -0.4 is 5.32 Å². The third-order valence-electron chi connectivity index (χ3n) is 4.50. The number of nitrogens with one attached hydrogen (secondary N) is 1. The normalized spacial score (nSPS) is 18.6. The molecule has 1 amide bonds. The monoisotopic (exact) mass is 329 g/mol. The van der Waals surface area contributed by atoms with E-state index in [0.717, 1.165) is 49.6 Å². The first kappa shape index (κ1) is 16.9. The molecule has 1 N–H and O–H groups in total. The molecule has 0 spiro atoms. The summed E-state index contributed by atoms with van der Waals surface area (Å²) in [6.45, 7) is 12.4. The van der Waals surface area contributed by atoms with E-state index in [9.17, 15) is 4.79 Å². The Hall–Kier alpha value is -1.95. The fraction of sp³-hybridized carbons (Fsp3) is 0.611. The summed E-state index contributed by atoms with van der Waals surface area (Å²) in [4.78, 5) is 19.4. The zero-order valence-corrected chi connectivity index (χ0v) is 15.0. The lowest BCUT2D eigenvalue weighted by molar-refractivity contribution is 0.0942. The highest BCUT2D eigenvalue weighted by Gasteiger charge is 2.23. The first-order valence-electron chi connectivity index (χ1n) is 8.77. The number of nitrogens with zero attached hydrogens (tertiary/aromatic N) is 4. The lowest BCUT2D eigenvalue weighted by atomic mass is 10.1. The first-order valence-corrected chi connectivity index (χ1v) is 8.77. The molecule has 2 aromatic heterocycles. The Labute approximate surface area is 143 Å². The van der Waals surface area contributed by atoms with Crippen LogP contribution in [-0.4, -0.2) is 51.6 Å². The standard InChI is InChI=1S/C18H27N5O/c1-12(2)10-22-6-5-15(11-22)9-19-18(24)16-8-14(4)23-17(20-16)7-13(3)21-23/h7-8,12,15H,5-6,9-11H2,1-4H3,(H,19,24)/t15-/m1/s1. The van der Waals surface area contributed by atoms with Crippen molar-refractivity contribution in [3.8, 4) is 0 Å². The number of rotatable bonds is 5. The molecular weight excluding hydrogens is 302 g/mol. The Morgan fingerprint density at radius 2 is 2.17 bits per heavy atom. The fourth-order valence-electron chi connectivity index (χ4n) is 3.45. The van der Waals surface area contributed by atoms with Gasteiger partial charge < -0.3 is 10.2 Å². The van der Waals surface area contributed by atoms with Crippen LogP contribution in [0, 0.1) is 25.7 Å². The van der Waals surface area contributed by atoms with Gasteiger partial charge in [-0.15, -0.1) is 0 Å². The van der Waals surface area contributed by atoms with Gasteiger partial charge in [0, 0.05) is 31.4 Å². The van der Waals surface area contributed by atoms with Crippen LogP contribution in [0.15, 0.2) is 12.1 Å². The van der Waals surface area contributed by atoms with E-state index in [0.29, 0.717) is 17.5 Å². The van der Waals surface area contributed by atoms with E-state index in [2.05, 4.69) is 34.1 Å². The van der Waals surface area contributed by atoms with Crippen molar-refractivity contribution >= 4 is 11.6 Å². The van der Waals surface area contributed by atoms with Gasteiger partial charge in [0.2, 0.25) is 0 Å². The second kappa shape index (κ2) is 6.89. The van der Waals surface area contributed by atoms with Crippen LogP contribution in [0.4, 0.5) is 0 Å². The molecular formula is C18H27N5O. The Balaban J connectivity index is 1.59. The molecule has 0 aromatic carbocycles. The third-order valence-corrected chi connectivity index (χ3v) is 4.50. The highest BCUT2D eigenvalue weighted by Crippen LogP contribution is 2.17. The Bertz CT molecular complexity index is 736. The van der Waals surface area contributed by atoms with Gasteiger partial charge in [-0.2, -0.15) is 5.10 Å². The Morgan fingerprint density at radius 3 is 2.92 bits per heavy atom. The number of hydrogen-bond donors (Lipinski definition) is 1. The Kier molecular flexibility index (Phi) is 4.85. The van der Waals surface area contributed by atoms with Crippen molar-refractivity contribution in [2.24, 2.45) is 11.8 Å². The van der Waals surface area contributed by atoms with Crippen LogP contribution in [0.1, 0.15) is 42.1 Å². The van der Waals surface area contributed by atoms with Crippen molar-refractivity contribution in [3.63, 3.8) is 0 Å². The highest BCUT2D eigenvalue weighted by atomic mass is 16.1. The predicted octanol–water partition coefficient (Wildman–Crippen LogP) is 2.05. The number of likely N-dealkylation sites (tertiary alicyclic amines) is 1. The molecule has 130 valence electrons. The van der Waals surface area contributed by atoms with E-state index < -0.39 is 0 Å². The maximum atomic E-state index is 12.4. The van der Waals surface area contributed by atoms with Gasteiger partial charge in [-0.25, -0.2) is 9.50 Å². The van der Waals surface area contributed by atoms with Crippen LogP contribution in [-0.2, 0) is 0 Å². The Morgan fingerprint density at radius 1 is 1.38 bits per heavy atom. The molecule has 0 radical (unpaired) electrons. The van der Waals surface area contributed by atoms with Crippen molar-refractivity contribution in [2.75, 3.05) is 26.2 Å². The first-order chi connectivity index (χ1) is 11.4. The lowest BCUT2D eigenvalue weighted by Crippen LogP contribution is -2.32. The number of carbonyl (C=O) groups is 1. The van der Waals surface area contributed by atoms with E-state index in [1.54, 1.807) is 10.6 Å². The molecule has 0 bridgehead atoms. The number of carbonyl (C=O) groups excluding carboxylic acids is 1. The summed E-state index contributed by atoms with van der Waals surface area (Å²) in [5.74, 6) is 1.13. The van der Waals surface area contributed by atoms with Crippen molar-refractivity contribution in [3.05, 3.63) is 29.2 Å². The summed E-state index contributed by atoms with van der Waals surface area (Å²) in [6.07, 6.45) is 1.15. The van der Waals surface area contributed by atoms with Gasteiger partial charge in [0.15, 0.2) is 5.65 Å². The number of amides is 1. The minimum atomic E-state index is -0.0956. The molecule has 3 rings (SSSR count). The third kappa shape index (κ3) is 3.75. The zero-order chi connectivity index (χ0) is 17.3. The summed E-state index contributed by atoms with van der Waals surface area (Å²) in [5, 5.41) is 7.43. The number of fused-ring (bicyclic) bond motifs is 1. The average molecular weight is 329 g/mol. The minimum Gasteiger partial charge on any atom is -0.350 e. The van der Waals surface area contributed by atoms with E-state index in [-0.39, 0.29) is 5.91 Å². The molecule has 1 saturated heterocycles. The van der Waals surface area contributed by atoms with E-state index in [1.807, 2.05) is 19.9 Å². The van der Waals surface area contributed by atoms with Crippen molar-refractivity contribution in [2.45, 2.75) is 34.1 Å². The van der Waals surface area contributed by atoms with Crippen molar-refractivity contribution < 1.29 is 4.79 Å². The molecule has 1 fully saturated rings. The van der Waals surface area contributed by atoms with Gasteiger partial charge in [-0.3, -0.25) is 4.79 Å². The zero-order valence-electron chi connectivity index (χ0n) is 15.0. The predicted molar refractivity (Wildman–Crippen MR) is 94.2 cm³/mol. The van der Waals surface area contributed by atoms with Gasteiger partial charge in [0.1, 0.15) is 5.69 Å². The van der Waals surface area contributed by atoms with Gasteiger partial charge in [-0.1, -0.05) is 13.8 Å². The molecule has 2 aromatic rings. The van der Waals surface area contributed by atoms with Gasteiger partial charge in [-0.05, 0) is 44.7 Å². The maximum Gasteiger partial charge on any atom is 0.270 e. The fourth-order valence-corrected chi connectivity index (χ4v) is 3.45. The molecule has 0 saturated carbocycles. The summed E-state index contributed by atoms with van der Waals surface area (Å²) in [6, 6.07) is 3.69. The average Bonchev–Trinajstić information content (AvgIpc) is 3.10. The van der Waals surface area contributed by atoms with Crippen LogP contribution in [0.5, 0.6) is 0 Å². The van der Waals surface area contributed by atoms with Crippen LogP contribution in [0.3, 0.4) is 0 Å². The molecule has 0 aliphatic carbocycles. The number of aromatic nitrogens is 3. The van der Waals surface area contributed by atoms with Gasteiger partial charge in [0.05, 0.1) is 5.69 Å². The summed E-state index contributed by atoms with van der Waals surface area (Å²) in [5.41, 5.74) is 3.01. The second-order valence-corrected chi connectivity index (χ2v) is 7.36. The molecule has 24 heavy (non-hydrogen) atoms. The lowest BCUT2D eigenvalue weighted by Gasteiger charge is -2.18. The van der Waals surface area contributed by atoms with Gasteiger partial charge >= 0.3 is 0 Å².